The molecule has 18 heavy (non-hydrogen) atoms. The van der Waals surface area contributed by atoms with Gasteiger partial charge in [-0.25, -0.2) is 0 Å². The largest absolute Gasteiger partial charge is 0.490 e. The van der Waals surface area contributed by atoms with Crippen LogP contribution in [-0.2, 0) is 6.54 Å². The van der Waals surface area contributed by atoms with Gasteiger partial charge in [0.25, 0.3) is 0 Å². The van der Waals surface area contributed by atoms with Gasteiger partial charge in [0.15, 0.2) is 0 Å². The van der Waals surface area contributed by atoms with E-state index < -0.39 is 0 Å². The van der Waals surface area contributed by atoms with Gasteiger partial charge in [0, 0.05) is 43.2 Å². The maximum absolute atomic E-state index is 6.16. The van der Waals surface area contributed by atoms with Crippen LogP contribution in [-0.4, -0.2) is 43.2 Å². The van der Waals surface area contributed by atoms with E-state index in [0.717, 1.165) is 49.5 Å². The molecule has 1 fully saturated rings. The molecule has 1 saturated heterocycles. The third kappa shape index (κ3) is 3.43. The number of nitrogens with zero attached hydrogens (tertiary/aromatic N) is 2. The fourth-order valence-corrected chi connectivity index (χ4v) is 2.28. The van der Waals surface area contributed by atoms with Crippen molar-refractivity contribution < 1.29 is 4.74 Å². The van der Waals surface area contributed by atoms with Gasteiger partial charge in [0.05, 0.1) is 0 Å². The second-order valence-electron chi connectivity index (χ2n) is 5.08. The molecule has 0 atom stereocenters. The maximum Gasteiger partial charge on any atom is 0.127 e. The summed E-state index contributed by atoms with van der Waals surface area (Å²) in [5.74, 6) is 0.992. The van der Waals surface area contributed by atoms with Gasteiger partial charge in [-0.1, -0.05) is 0 Å². The van der Waals surface area contributed by atoms with E-state index in [0.29, 0.717) is 6.10 Å². The number of hydrogen-bond donors (Lipinski definition) is 1. The second kappa shape index (κ2) is 6.16. The van der Waals surface area contributed by atoms with E-state index in [4.69, 9.17) is 4.74 Å². The highest BCUT2D eigenvalue weighted by Gasteiger charge is 2.19. The Morgan fingerprint density at radius 3 is 2.83 bits per heavy atom. The molecule has 1 N–H and O–H groups in total. The molecule has 0 spiro atoms. The summed E-state index contributed by atoms with van der Waals surface area (Å²) in [5.41, 5.74) is 2.15. The molecule has 0 amide bonds. The summed E-state index contributed by atoms with van der Waals surface area (Å²) >= 11 is 0. The molecule has 0 aliphatic carbocycles. The van der Waals surface area contributed by atoms with Crippen LogP contribution in [0, 0.1) is 6.92 Å². The lowest BCUT2D eigenvalue weighted by atomic mass is 10.1. The summed E-state index contributed by atoms with van der Waals surface area (Å²) in [6.45, 7) is 5.05. The summed E-state index contributed by atoms with van der Waals surface area (Å²) in [7, 11) is 4.11. The van der Waals surface area contributed by atoms with Crippen molar-refractivity contribution in [3.63, 3.8) is 0 Å². The molecule has 2 rings (SSSR count). The van der Waals surface area contributed by atoms with Crippen LogP contribution in [0.1, 0.15) is 24.1 Å². The summed E-state index contributed by atoms with van der Waals surface area (Å²) < 4.78 is 6.16. The van der Waals surface area contributed by atoms with Crippen molar-refractivity contribution in [3.05, 3.63) is 23.5 Å². The summed E-state index contributed by atoms with van der Waals surface area (Å²) in [5, 5.41) is 3.16. The summed E-state index contributed by atoms with van der Waals surface area (Å²) in [4.78, 5) is 6.69. The number of nitrogens with one attached hydrogen (secondary N) is 1. The van der Waals surface area contributed by atoms with Gasteiger partial charge < -0.3 is 15.0 Å². The van der Waals surface area contributed by atoms with Crippen molar-refractivity contribution in [1.29, 1.82) is 0 Å². The number of hydrogen-bond acceptors (Lipinski definition) is 4. The first kappa shape index (κ1) is 13.3. The Kier molecular flexibility index (Phi) is 4.55. The first-order valence-corrected chi connectivity index (χ1v) is 6.64. The second-order valence-corrected chi connectivity index (χ2v) is 5.08. The van der Waals surface area contributed by atoms with Crippen molar-refractivity contribution >= 4 is 0 Å². The molecule has 4 heteroatoms. The van der Waals surface area contributed by atoms with E-state index in [2.05, 4.69) is 22.2 Å². The zero-order valence-corrected chi connectivity index (χ0v) is 11.6. The molecule has 0 unspecified atom stereocenters. The average Bonchev–Trinajstić information content (AvgIpc) is 2.36. The molecule has 1 aromatic rings. The van der Waals surface area contributed by atoms with Crippen LogP contribution in [0.2, 0.25) is 0 Å². The van der Waals surface area contributed by atoms with Gasteiger partial charge in [-0.05, 0) is 33.9 Å². The molecule has 2 heterocycles. The Morgan fingerprint density at radius 2 is 2.17 bits per heavy atom. The van der Waals surface area contributed by atoms with E-state index in [-0.39, 0.29) is 0 Å². The SMILES string of the molecule is CNCc1cnc(C)cc1OC1CCN(C)CC1. The number of pyridine rings is 1. The van der Waals surface area contributed by atoms with Crippen LogP contribution in [0.3, 0.4) is 0 Å². The van der Waals surface area contributed by atoms with Crippen LogP contribution in [0.5, 0.6) is 5.75 Å². The first-order chi connectivity index (χ1) is 8.69. The predicted octanol–water partition coefficient (Wildman–Crippen LogP) is 1.58. The van der Waals surface area contributed by atoms with Gasteiger partial charge in [-0.15, -0.1) is 0 Å². The monoisotopic (exact) mass is 249 g/mol. The Labute approximate surface area is 109 Å². The molecule has 1 aliphatic heterocycles. The summed E-state index contributed by atoms with van der Waals surface area (Å²) in [6.07, 6.45) is 4.47. The van der Waals surface area contributed by atoms with Crippen LogP contribution in [0.25, 0.3) is 0 Å². The lowest BCUT2D eigenvalue weighted by molar-refractivity contribution is 0.113. The Bertz CT molecular complexity index is 387. The van der Waals surface area contributed by atoms with Crippen LogP contribution < -0.4 is 10.1 Å². The number of rotatable bonds is 4. The first-order valence-electron chi connectivity index (χ1n) is 6.64. The van der Waals surface area contributed by atoms with Crippen molar-refractivity contribution in [2.45, 2.75) is 32.4 Å². The number of aryl methyl sites for hydroxylation is 1. The molecule has 0 bridgehead atoms. The van der Waals surface area contributed by atoms with Gasteiger partial charge in [-0.3, -0.25) is 4.98 Å². The highest BCUT2D eigenvalue weighted by Crippen LogP contribution is 2.23. The Morgan fingerprint density at radius 1 is 1.44 bits per heavy atom. The standard InChI is InChI=1S/C14H23N3O/c1-11-8-14(12(9-15-2)10-16-11)18-13-4-6-17(3)7-5-13/h8,10,13,15H,4-7,9H2,1-3H3. The minimum atomic E-state index is 0.346. The van der Waals surface area contributed by atoms with Gasteiger partial charge >= 0.3 is 0 Å². The topological polar surface area (TPSA) is 37.4 Å². The van der Waals surface area contributed by atoms with E-state index in [1.807, 2.05) is 26.2 Å². The third-order valence-corrected chi connectivity index (χ3v) is 3.41. The highest BCUT2D eigenvalue weighted by atomic mass is 16.5. The Hall–Kier alpha value is -1.13. The van der Waals surface area contributed by atoms with Crippen molar-refractivity contribution in [2.24, 2.45) is 0 Å². The number of ether oxygens (including phenoxy) is 1. The number of aromatic nitrogens is 1. The van der Waals surface area contributed by atoms with E-state index in [1.54, 1.807) is 0 Å². The normalized spacial score (nSPS) is 17.9. The maximum atomic E-state index is 6.16. The minimum Gasteiger partial charge on any atom is -0.490 e. The van der Waals surface area contributed by atoms with Crippen molar-refractivity contribution in [3.8, 4) is 5.75 Å². The number of piperidine rings is 1. The third-order valence-electron chi connectivity index (χ3n) is 3.41. The molecular formula is C14H23N3O. The average molecular weight is 249 g/mol. The minimum absolute atomic E-state index is 0.346. The molecule has 0 saturated carbocycles. The number of likely N-dealkylation sites (tertiary alicyclic amines) is 1. The molecule has 1 aliphatic rings. The summed E-state index contributed by atoms with van der Waals surface area (Å²) in [6, 6.07) is 2.05. The molecule has 1 aromatic heterocycles. The molecule has 4 nitrogen and oxygen atoms in total. The molecule has 0 aromatic carbocycles. The fraction of sp³-hybridized carbons (Fsp3) is 0.643. The fourth-order valence-electron chi connectivity index (χ4n) is 2.28. The van der Waals surface area contributed by atoms with Crippen molar-refractivity contribution in [2.75, 3.05) is 27.2 Å². The van der Waals surface area contributed by atoms with Crippen LogP contribution in [0.15, 0.2) is 12.3 Å². The lowest BCUT2D eigenvalue weighted by Gasteiger charge is -2.30. The quantitative estimate of drug-likeness (QED) is 0.879. The van der Waals surface area contributed by atoms with Crippen LogP contribution in [0.4, 0.5) is 0 Å². The van der Waals surface area contributed by atoms with Crippen LogP contribution >= 0.6 is 0 Å². The highest BCUT2D eigenvalue weighted by molar-refractivity contribution is 5.33. The smallest absolute Gasteiger partial charge is 0.127 e. The van der Waals surface area contributed by atoms with Gasteiger partial charge in [0.2, 0.25) is 0 Å². The van der Waals surface area contributed by atoms with E-state index in [1.165, 1.54) is 0 Å². The zero-order valence-electron chi connectivity index (χ0n) is 11.6. The van der Waals surface area contributed by atoms with Crippen molar-refractivity contribution in [1.82, 2.24) is 15.2 Å². The zero-order chi connectivity index (χ0) is 13.0. The lowest BCUT2D eigenvalue weighted by Crippen LogP contribution is -2.35. The molecule has 100 valence electrons. The van der Waals surface area contributed by atoms with Gasteiger partial charge in [-0.2, -0.15) is 0 Å². The molecular weight excluding hydrogens is 226 g/mol. The van der Waals surface area contributed by atoms with Gasteiger partial charge in [0.1, 0.15) is 11.9 Å². The van der Waals surface area contributed by atoms with E-state index in [9.17, 15) is 0 Å². The van der Waals surface area contributed by atoms with E-state index >= 15 is 0 Å². The predicted molar refractivity (Wildman–Crippen MR) is 72.9 cm³/mol. The Balaban J connectivity index is 2.05. The molecule has 0 radical (unpaired) electrons.